The number of nitrogens with one attached hydrogen (secondary N) is 1. The van der Waals surface area contributed by atoms with Crippen molar-refractivity contribution in [2.24, 2.45) is 0 Å². The fourth-order valence-electron chi connectivity index (χ4n) is 3.05. The van der Waals surface area contributed by atoms with Gasteiger partial charge in [-0.05, 0) is 69.2 Å². The Balaban J connectivity index is 1.85. The largest absolute Gasteiger partial charge is 0.488 e. The quantitative estimate of drug-likeness (QED) is 0.820. The van der Waals surface area contributed by atoms with Gasteiger partial charge in [-0.3, -0.25) is 0 Å². The molecule has 1 aromatic carbocycles. The molecule has 98 valence electrons. The summed E-state index contributed by atoms with van der Waals surface area (Å²) in [6, 6.07) is 6.86. The first-order chi connectivity index (χ1) is 8.64. The van der Waals surface area contributed by atoms with Gasteiger partial charge in [0.25, 0.3) is 0 Å². The predicted octanol–water partition coefficient (Wildman–Crippen LogP) is 3.26. The van der Waals surface area contributed by atoms with E-state index in [0.717, 1.165) is 25.1 Å². The van der Waals surface area contributed by atoms with Crippen molar-refractivity contribution in [3.8, 4) is 5.75 Å². The topological polar surface area (TPSA) is 21.3 Å². The van der Waals surface area contributed by atoms with Crippen LogP contribution in [-0.2, 0) is 6.42 Å². The molecule has 3 rings (SSSR count). The maximum atomic E-state index is 6.13. The molecule has 0 amide bonds. The summed E-state index contributed by atoms with van der Waals surface area (Å²) >= 11 is 0. The summed E-state index contributed by atoms with van der Waals surface area (Å²) in [6.45, 7) is 6.66. The van der Waals surface area contributed by atoms with Crippen LogP contribution in [0, 0.1) is 0 Å². The zero-order valence-corrected chi connectivity index (χ0v) is 11.5. The average Bonchev–Trinajstić information content (AvgIpc) is 2.38. The molecule has 1 unspecified atom stereocenters. The Bertz CT molecular complexity index is 433. The van der Waals surface area contributed by atoms with Gasteiger partial charge in [0.1, 0.15) is 11.4 Å². The van der Waals surface area contributed by atoms with E-state index >= 15 is 0 Å². The molecule has 0 aliphatic carbocycles. The molecule has 2 aliphatic rings. The second-order valence-electron chi connectivity index (χ2n) is 6.27. The zero-order chi connectivity index (χ0) is 12.6. The van der Waals surface area contributed by atoms with E-state index in [9.17, 15) is 0 Å². The highest BCUT2D eigenvalue weighted by atomic mass is 16.5. The summed E-state index contributed by atoms with van der Waals surface area (Å²) in [7, 11) is 0. The smallest absolute Gasteiger partial charge is 0.123 e. The minimum absolute atomic E-state index is 0.00353. The van der Waals surface area contributed by atoms with E-state index in [1.165, 1.54) is 30.5 Å². The Labute approximate surface area is 110 Å². The number of hydrogen-bond acceptors (Lipinski definition) is 2. The van der Waals surface area contributed by atoms with Gasteiger partial charge in [0.2, 0.25) is 0 Å². The average molecular weight is 245 g/mol. The minimum Gasteiger partial charge on any atom is -0.488 e. The number of fused-ring (bicyclic) bond motifs is 1. The monoisotopic (exact) mass is 245 g/mol. The first kappa shape index (κ1) is 12.0. The van der Waals surface area contributed by atoms with E-state index in [-0.39, 0.29) is 5.60 Å². The van der Waals surface area contributed by atoms with Crippen LogP contribution in [0.15, 0.2) is 18.2 Å². The second-order valence-corrected chi connectivity index (χ2v) is 6.27. The van der Waals surface area contributed by atoms with Crippen LogP contribution < -0.4 is 10.1 Å². The Hall–Kier alpha value is -1.02. The van der Waals surface area contributed by atoms with Crippen molar-refractivity contribution in [1.82, 2.24) is 5.32 Å². The van der Waals surface area contributed by atoms with Gasteiger partial charge in [-0.15, -0.1) is 0 Å². The molecular formula is C16H23NO. The van der Waals surface area contributed by atoms with Crippen LogP contribution >= 0.6 is 0 Å². The molecule has 2 aliphatic heterocycles. The number of aryl methyl sites for hydroxylation is 1. The van der Waals surface area contributed by atoms with Crippen LogP contribution in [-0.4, -0.2) is 18.7 Å². The van der Waals surface area contributed by atoms with Crippen LogP contribution in [0.5, 0.6) is 5.75 Å². The number of hydrogen-bond donors (Lipinski definition) is 1. The van der Waals surface area contributed by atoms with Gasteiger partial charge in [0, 0.05) is 6.54 Å². The molecule has 2 heterocycles. The van der Waals surface area contributed by atoms with Crippen LogP contribution in [0.25, 0.3) is 0 Å². The molecule has 1 N–H and O–H groups in total. The van der Waals surface area contributed by atoms with Crippen molar-refractivity contribution in [3.63, 3.8) is 0 Å². The summed E-state index contributed by atoms with van der Waals surface area (Å²) in [4.78, 5) is 0. The van der Waals surface area contributed by atoms with Crippen LogP contribution in [0.2, 0.25) is 0 Å². The van der Waals surface area contributed by atoms with E-state index in [4.69, 9.17) is 4.74 Å². The summed E-state index contributed by atoms with van der Waals surface area (Å²) in [5.41, 5.74) is 2.82. The van der Waals surface area contributed by atoms with E-state index in [2.05, 4.69) is 37.4 Å². The molecule has 0 radical (unpaired) electrons. The van der Waals surface area contributed by atoms with Crippen molar-refractivity contribution in [1.29, 1.82) is 0 Å². The third-order valence-electron chi connectivity index (χ3n) is 4.24. The van der Waals surface area contributed by atoms with Crippen molar-refractivity contribution >= 4 is 0 Å². The maximum Gasteiger partial charge on any atom is 0.123 e. The predicted molar refractivity (Wildman–Crippen MR) is 74.3 cm³/mol. The second kappa shape index (κ2) is 4.58. The summed E-state index contributed by atoms with van der Waals surface area (Å²) in [6.07, 6.45) is 4.85. The van der Waals surface area contributed by atoms with Crippen molar-refractivity contribution in [2.45, 2.75) is 51.0 Å². The van der Waals surface area contributed by atoms with Gasteiger partial charge < -0.3 is 10.1 Å². The highest BCUT2D eigenvalue weighted by Crippen LogP contribution is 2.36. The fourth-order valence-corrected chi connectivity index (χ4v) is 3.05. The molecule has 0 aromatic heterocycles. The number of rotatable bonds is 1. The molecule has 0 bridgehead atoms. The lowest BCUT2D eigenvalue weighted by atomic mass is 9.88. The number of benzene rings is 1. The summed E-state index contributed by atoms with van der Waals surface area (Å²) < 4.78 is 6.13. The van der Waals surface area contributed by atoms with Crippen molar-refractivity contribution in [3.05, 3.63) is 29.3 Å². The van der Waals surface area contributed by atoms with Gasteiger partial charge in [-0.2, -0.15) is 0 Å². The normalized spacial score (nSPS) is 26.2. The molecule has 1 fully saturated rings. The third kappa shape index (κ3) is 2.39. The molecule has 18 heavy (non-hydrogen) atoms. The Kier molecular flexibility index (Phi) is 3.06. The highest BCUT2D eigenvalue weighted by molar-refractivity contribution is 5.41. The lowest BCUT2D eigenvalue weighted by molar-refractivity contribution is 0.0845. The minimum atomic E-state index is -0.00353. The molecular weight excluding hydrogens is 222 g/mol. The van der Waals surface area contributed by atoms with Crippen LogP contribution in [0.3, 0.4) is 0 Å². The van der Waals surface area contributed by atoms with Gasteiger partial charge in [-0.1, -0.05) is 12.1 Å². The van der Waals surface area contributed by atoms with Gasteiger partial charge in [-0.25, -0.2) is 0 Å². The molecule has 1 atom stereocenters. The van der Waals surface area contributed by atoms with Gasteiger partial charge in [0.15, 0.2) is 0 Å². The fraction of sp³-hybridized carbons (Fsp3) is 0.625. The SMILES string of the molecule is CC1(C)CCc2ccc(C3CCCNC3)cc2O1. The molecule has 0 spiro atoms. The molecule has 1 saturated heterocycles. The van der Waals surface area contributed by atoms with Crippen molar-refractivity contribution in [2.75, 3.05) is 13.1 Å². The third-order valence-corrected chi connectivity index (χ3v) is 4.24. The van der Waals surface area contributed by atoms with Gasteiger partial charge >= 0.3 is 0 Å². The van der Waals surface area contributed by atoms with Crippen LogP contribution in [0.4, 0.5) is 0 Å². The molecule has 1 aromatic rings. The van der Waals surface area contributed by atoms with E-state index in [1.54, 1.807) is 0 Å². The lowest BCUT2D eigenvalue weighted by Crippen LogP contribution is -2.33. The molecule has 2 heteroatoms. The number of piperidine rings is 1. The van der Waals surface area contributed by atoms with E-state index in [0.29, 0.717) is 5.92 Å². The summed E-state index contributed by atoms with van der Waals surface area (Å²) in [5, 5.41) is 3.49. The molecule has 0 saturated carbocycles. The maximum absolute atomic E-state index is 6.13. The van der Waals surface area contributed by atoms with Crippen molar-refractivity contribution < 1.29 is 4.74 Å². The first-order valence-corrected chi connectivity index (χ1v) is 7.17. The standard InChI is InChI=1S/C16H23NO/c1-16(2)8-7-12-5-6-13(10-15(12)18-16)14-4-3-9-17-11-14/h5-6,10,14,17H,3-4,7-9,11H2,1-2H3. The Morgan fingerprint density at radius 3 is 3.00 bits per heavy atom. The molecule has 2 nitrogen and oxygen atoms in total. The Morgan fingerprint density at radius 1 is 1.33 bits per heavy atom. The number of ether oxygens (including phenoxy) is 1. The zero-order valence-electron chi connectivity index (χ0n) is 11.5. The lowest BCUT2D eigenvalue weighted by Gasteiger charge is -2.33. The van der Waals surface area contributed by atoms with Crippen LogP contribution in [0.1, 0.15) is 50.2 Å². The van der Waals surface area contributed by atoms with E-state index < -0.39 is 0 Å². The van der Waals surface area contributed by atoms with E-state index in [1.807, 2.05) is 0 Å². The first-order valence-electron chi connectivity index (χ1n) is 7.17. The van der Waals surface area contributed by atoms with Gasteiger partial charge in [0.05, 0.1) is 0 Å². The Morgan fingerprint density at radius 2 is 2.22 bits per heavy atom. The summed E-state index contributed by atoms with van der Waals surface area (Å²) in [5.74, 6) is 1.78. The highest BCUT2D eigenvalue weighted by Gasteiger charge is 2.27.